The summed E-state index contributed by atoms with van der Waals surface area (Å²) in [5.74, 6) is 3.27. The second-order valence-electron chi connectivity index (χ2n) is 6.24. The van der Waals surface area contributed by atoms with Gasteiger partial charge in [0.25, 0.3) is 0 Å². The fraction of sp³-hybridized carbons (Fsp3) is 0.750. The molecule has 1 heterocycles. The lowest BCUT2D eigenvalue weighted by Gasteiger charge is -2.30. The van der Waals surface area contributed by atoms with Gasteiger partial charge in [-0.05, 0) is 51.4 Å². The molecular formula is C16H25ClN2. The van der Waals surface area contributed by atoms with Crippen LogP contribution >= 0.6 is 11.6 Å². The van der Waals surface area contributed by atoms with Crippen molar-refractivity contribution in [3.05, 3.63) is 23.3 Å². The molecule has 1 atom stereocenters. The molecule has 1 aromatic rings. The fourth-order valence-electron chi connectivity index (χ4n) is 3.13. The van der Waals surface area contributed by atoms with Crippen LogP contribution in [0.2, 0.25) is 0 Å². The molecule has 2 nitrogen and oxygen atoms in total. The van der Waals surface area contributed by atoms with Crippen LogP contribution in [-0.2, 0) is 0 Å². The van der Waals surface area contributed by atoms with Crippen LogP contribution in [0.4, 0.5) is 0 Å². The molecule has 0 bridgehead atoms. The summed E-state index contributed by atoms with van der Waals surface area (Å²) in [5, 5.41) is -0.00859. The predicted molar refractivity (Wildman–Crippen MR) is 80.6 cm³/mol. The molecule has 1 unspecified atom stereocenters. The molecule has 2 rings (SSSR count). The molecule has 0 aliphatic heterocycles. The van der Waals surface area contributed by atoms with Crippen molar-refractivity contribution < 1.29 is 0 Å². The van der Waals surface area contributed by atoms with Gasteiger partial charge in [0.05, 0.1) is 5.38 Å². The van der Waals surface area contributed by atoms with Gasteiger partial charge in [-0.3, -0.25) is 0 Å². The van der Waals surface area contributed by atoms with Gasteiger partial charge in [0, 0.05) is 23.4 Å². The summed E-state index contributed by atoms with van der Waals surface area (Å²) < 4.78 is 0. The molecule has 0 saturated heterocycles. The lowest BCUT2D eigenvalue weighted by Crippen LogP contribution is -2.19. The van der Waals surface area contributed by atoms with E-state index in [1.165, 1.54) is 25.7 Å². The zero-order valence-electron chi connectivity index (χ0n) is 12.5. The van der Waals surface area contributed by atoms with Crippen LogP contribution < -0.4 is 0 Å². The second kappa shape index (κ2) is 6.21. The molecule has 1 aliphatic rings. The minimum absolute atomic E-state index is 0.00859. The van der Waals surface area contributed by atoms with Crippen LogP contribution in [0, 0.1) is 18.8 Å². The van der Waals surface area contributed by atoms with Crippen molar-refractivity contribution in [1.82, 2.24) is 9.97 Å². The quantitative estimate of drug-likeness (QED) is 0.727. The smallest absolute Gasteiger partial charge is 0.131 e. The summed E-state index contributed by atoms with van der Waals surface area (Å²) in [5.41, 5.74) is 2.10. The summed E-state index contributed by atoms with van der Waals surface area (Å²) in [6, 6.07) is 0. The Hall–Kier alpha value is -0.630. The number of halogens is 1. The van der Waals surface area contributed by atoms with Gasteiger partial charge in [-0.1, -0.05) is 13.8 Å². The molecule has 1 aromatic heterocycles. The molecule has 0 aromatic carbocycles. The summed E-state index contributed by atoms with van der Waals surface area (Å²) in [6.07, 6.45) is 7.02. The van der Waals surface area contributed by atoms with Crippen molar-refractivity contribution in [2.45, 2.75) is 64.7 Å². The Morgan fingerprint density at radius 3 is 2.26 bits per heavy atom. The van der Waals surface area contributed by atoms with Gasteiger partial charge in [-0.15, -0.1) is 11.6 Å². The van der Waals surface area contributed by atoms with Crippen LogP contribution in [0.25, 0.3) is 0 Å². The number of aromatic nitrogens is 2. The molecule has 1 fully saturated rings. The van der Waals surface area contributed by atoms with E-state index in [-0.39, 0.29) is 5.38 Å². The van der Waals surface area contributed by atoms with Crippen LogP contribution in [0.15, 0.2) is 6.20 Å². The first-order valence-corrected chi connectivity index (χ1v) is 7.90. The number of hydrogen-bond donors (Lipinski definition) is 0. The first-order valence-electron chi connectivity index (χ1n) is 7.46. The van der Waals surface area contributed by atoms with Crippen molar-refractivity contribution in [1.29, 1.82) is 0 Å². The predicted octanol–water partition coefficient (Wildman–Crippen LogP) is 5.01. The van der Waals surface area contributed by atoms with Gasteiger partial charge in [-0.2, -0.15) is 0 Å². The van der Waals surface area contributed by atoms with Gasteiger partial charge in [0.1, 0.15) is 5.82 Å². The maximum atomic E-state index is 6.12. The molecule has 0 spiro atoms. The molecular weight excluding hydrogens is 256 g/mol. The van der Waals surface area contributed by atoms with E-state index >= 15 is 0 Å². The maximum Gasteiger partial charge on any atom is 0.131 e. The third-order valence-electron chi connectivity index (χ3n) is 4.54. The molecule has 0 N–H and O–H groups in total. The zero-order chi connectivity index (χ0) is 14.0. The van der Waals surface area contributed by atoms with E-state index in [1.807, 2.05) is 20.0 Å². The maximum absolute atomic E-state index is 6.12. The van der Waals surface area contributed by atoms with Gasteiger partial charge in [0.2, 0.25) is 0 Å². The van der Waals surface area contributed by atoms with E-state index in [0.29, 0.717) is 5.92 Å². The highest BCUT2D eigenvalue weighted by Gasteiger charge is 2.26. The summed E-state index contributed by atoms with van der Waals surface area (Å²) >= 11 is 6.12. The minimum atomic E-state index is -0.00859. The number of alkyl halides is 1. The largest absolute Gasteiger partial charge is 0.241 e. The summed E-state index contributed by atoms with van der Waals surface area (Å²) in [4.78, 5) is 9.25. The Bertz CT molecular complexity index is 421. The van der Waals surface area contributed by atoms with Gasteiger partial charge in [0.15, 0.2) is 0 Å². The molecule has 1 aliphatic carbocycles. The topological polar surface area (TPSA) is 25.8 Å². The SMILES string of the molecule is Cc1nc(C2CCC(C(C)C)CC2)ncc1C(C)Cl. The summed E-state index contributed by atoms with van der Waals surface area (Å²) in [6.45, 7) is 8.69. The van der Waals surface area contributed by atoms with E-state index < -0.39 is 0 Å². The molecule has 1 saturated carbocycles. The van der Waals surface area contributed by atoms with Crippen molar-refractivity contribution in [3.8, 4) is 0 Å². The molecule has 106 valence electrons. The third kappa shape index (κ3) is 3.47. The minimum Gasteiger partial charge on any atom is -0.241 e. The van der Waals surface area contributed by atoms with Crippen LogP contribution in [0.1, 0.15) is 74.8 Å². The van der Waals surface area contributed by atoms with E-state index in [0.717, 1.165) is 28.9 Å². The number of rotatable bonds is 3. The highest BCUT2D eigenvalue weighted by atomic mass is 35.5. The van der Waals surface area contributed by atoms with Crippen molar-refractivity contribution in [2.75, 3.05) is 0 Å². The Labute approximate surface area is 122 Å². The normalized spacial score (nSPS) is 25.6. The highest BCUT2D eigenvalue weighted by Crippen LogP contribution is 2.37. The van der Waals surface area contributed by atoms with E-state index in [2.05, 4.69) is 18.8 Å². The first-order chi connectivity index (χ1) is 8.99. The van der Waals surface area contributed by atoms with Gasteiger partial charge >= 0.3 is 0 Å². The lowest BCUT2D eigenvalue weighted by molar-refractivity contribution is 0.254. The Balaban J connectivity index is 2.06. The standard InChI is InChI=1S/C16H25ClN2/c1-10(2)13-5-7-14(8-6-13)16-18-9-15(11(3)17)12(4)19-16/h9-11,13-14H,5-8H2,1-4H3. The van der Waals surface area contributed by atoms with Crippen LogP contribution in [0.5, 0.6) is 0 Å². The Kier molecular flexibility index (Phi) is 4.83. The van der Waals surface area contributed by atoms with Crippen molar-refractivity contribution in [2.24, 2.45) is 11.8 Å². The van der Waals surface area contributed by atoms with Crippen molar-refractivity contribution in [3.63, 3.8) is 0 Å². The molecule has 0 radical (unpaired) electrons. The number of hydrogen-bond acceptors (Lipinski definition) is 2. The monoisotopic (exact) mass is 280 g/mol. The van der Waals surface area contributed by atoms with Crippen LogP contribution in [0.3, 0.4) is 0 Å². The second-order valence-corrected chi connectivity index (χ2v) is 6.90. The zero-order valence-corrected chi connectivity index (χ0v) is 13.2. The third-order valence-corrected chi connectivity index (χ3v) is 4.78. The lowest BCUT2D eigenvalue weighted by atomic mass is 9.76. The number of nitrogens with zero attached hydrogens (tertiary/aromatic N) is 2. The Morgan fingerprint density at radius 2 is 1.79 bits per heavy atom. The van der Waals surface area contributed by atoms with E-state index in [9.17, 15) is 0 Å². The molecule has 19 heavy (non-hydrogen) atoms. The Morgan fingerprint density at radius 1 is 1.16 bits per heavy atom. The summed E-state index contributed by atoms with van der Waals surface area (Å²) in [7, 11) is 0. The fourth-order valence-corrected chi connectivity index (χ4v) is 3.34. The molecule has 3 heteroatoms. The average molecular weight is 281 g/mol. The van der Waals surface area contributed by atoms with Crippen molar-refractivity contribution >= 4 is 11.6 Å². The van der Waals surface area contributed by atoms with E-state index in [1.54, 1.807) is 0 Å². The number of aryl methyl sites for hydroxylation is 1. The van der Waals surface area contributed by atoms with Gasteiger partial charge in [-0.25, -0.2) is 9.97 Å². The molecule has 0 amide bonds. The van der Waals surface area contributed by atoms with Gasteiger partial charge < -0.3 is 0 Å². The first kappa shape index (κ1) is 14.8. The van der Waals surface area contributed by atoms with Crippen LogP contribution in [-0.4, -0.2) is 9.97 Å². The highest BCUT2D eigenvalue weighted by molar-refractivity contribution is 6.20. The average Bonchev–Trinajstić information content (AvgIpc) is 2.38. The van der Waals surface area contributed by atoms with E-state index in [4.69, 9.17) is 16.6 Å².